The van der Waals surface area contributed by atoms with Gasteiger partial charge in [-0.2, -0.15) is 5.26 Å². The maximum absolute atomic E-state index is 12.5. The lowest BCUT2D eigenvalue weighted by Gasteiger charge is -2.11. The number of carboxylic acids is 1. The van der Waals surface area contributed by atoms with Gasteiger partial charge in [0.2, 0.25) is 0 Å². The fraction of sp³-hybridized carbons (Fsp3) is 0.0417. The first-order chi connectivity index (χ1) is 15.0. The standard InChI is InChI=1S/C24H17ClN2O4/c25-21-7-3-1-6-18(21)15-31-22-8-4-2-5-17(22)13-19(14-26)23(28)27-20-11-9-16(10-12-20)24(29)30/h1-13H,15H2,(H,27,28)(H,29,30)/b19-13+. The van der Waals surface area contributed by atoms with Crippen LogP contribution in [0, 0.1) is 11.3 Å². The number of halogens is 1. The molecule has 0 aliphatic carbocycles. The number of nitriles is 1. The lowest BCUT2D eigenvalue weighted by molar-refractivity contribution is -0.112. The van der Waals surface area contributed by atoms with Crippen molar-refractivity contribution >= 4 is 35.2 Å². The minimum absolute atomic E-state index is 0.0960. The smallest absolute Gasteiger partial charge is 0.335 e. The van der Waals surface area contributed by atoms with E-state index >= 15 is 0 Å². The normalized spacial score (nSPS) is 10.8. The second-order valence-electron chi connectivity index (χ2n) is 6.42. The van der Waals surface area contributed by atoms with E-state index in [1.54, 1.807) is 30.3 Å². The molecule has 0 fully saturated rings. The number of hydrogen-bond acceptors (Lipinski definition) is 4. The van der Waals surface area contributed by atoms with Crippen molar-refractivity contribution in [3.8, 4) is 11.8 Å². The second-order valence-corrected chi connectivity index (χ2v) is 6.83. The maximum Gasteiger partial charge on any atom is 0.335 e. The van der Waals surface area contributed by atoms with Gasteiger partial charge in [0.25, 0.3) is 5.91 Å². The van der Waals surface area contributed by atoms with Gasteiger partial charge in [-0.05, 0) is 42.5 Å². The number of nitrogens with zero attached hydrogens (tertiary/aromatic N) is 1. The molecular weight excluding hydrogens is 416 g/mol. The zero-order valence-corrected chi connectivity index (χ0v) is 17.0. The van der Waals surface area contributed by atoms with E-state index in [-0.39, 0.29) is 17.7 Å². The predicted molar refractivity (Wildman–Crippen MR) is 118 cm³/mol. The Morgan fingerprint density at radius 2 is 1.71 bits per heavy atom. The van der Waals surface area contributed by atoms with Gasteiger partial charge in [-0.1, -0.05) is 48.0 Å². The number of benzene rings is 3. The molecule has 31 heavy (non-hydrogen) atoms. The van der Waals surface area contributed by atoms with Crippen molar-refractivity contribution in [2.45, 2.75) is 6.61 Å². The number of carbonyl (C=O) groups excluding carboxylic acids is 1. The van der Waals surface area contributed by atoms with Crippen LogP contribution in [0.5, 0.6) is 5.75 Å². The lowest BCUT2D eigenvalue weighted by atomic mass is 10.1. The number of hydrogen-bond donors (Lipinski definition) is 2. The predicted octanol–water partition coefficient (Wildman–Crippen LogP) is 5.16. The number of ether oxygens (including phenoxy) is 1. The van der Waals surface area contributed by atoms with Crippen molar-refractivity contribution in [3.05, 3.63) is 100 Å². The van der Waals surface area contributed by atoms with Gasteiger partial charge in [0.15, 0.2) is 0 Å². The first-order valence-electron chi connectivity index (χ1n) is 9.19. The number of carboxylic acid groups (broad SMARTS) is 1. The molecular formula is C24H17ClN2O4. The van der Waals surface area contributed by atoms with Gasteiger partial charge < -0.3 is 15.2 Å². The van der Waals surface area contributed by atoms with Gasteiger partial charge >= 0.3 is 5.97 Å². The molecule has 0 spiro atoms. The first-order valence-corrected chi connectivity index (χ1v) is 9.57. The zero-order valence-electron chi connectivity index (χ0n) is 16.2. The Balaban J connectivity index is 1.77. The van der Waals surface area contributed by atoms with E-state index in [0.29, 0.717) is 22.0 Å². The number of anilines is 1. The van der Waals surface area contributed by atoms with Crippen LogP contribution in [0.4, 0.5) is 5.69 Å². The lowest BCUT2D eigenvalue weighted by Crippen LogP contribution is -2.13. The summed E-state index contributed by atoms with van der Waals surface area (Å²) in [5.74, 6) is -1.19. The fourth-order valence-corrected chi connectivity index (χ4v) is 2.89. The largest absolute Gasteiger partial charge is 0.488 e. The Morgan fingerprint density at radius 3 is 2.39 bits per heavy atom. The molecule has 3 rings (SSSR count). The van der Waals surface area contributed by atoms with Crippen molar-refractivity contribution in [2.75, 3.05) is 5.32 Å². The third kappa shape index (κ3) is 5.72. The molecule has 1 amide bonds. The van der Waals surface area contributed by atoms with Crippen LogP contribution in [0.3, 0.4) is 0 Å². The van der Waals surface area contributed by atoms with Crippen molar-refractivity contribution in [3.63, 3.8) is 0 Å². The van der Waals surface area contributed by atoms with Crippen LogP contribution in [-0.2, 0) is 11.4 Å². The molecule has 6 nitrogen and oxygen atoms in total. The highest BCUT2D eigenvalue weighted by molar-refractivity contribution is 6.31. The number of aromatic carboxylic acids is 1. The van der Waals surface area contributed by atoms with E-state index in [1.165, 1.54) is 30.3 Å². The number of carbonyl (C=O) groups is 2. The van der Waals surface area contributed by atoms with Crippen LogP contribution >= 0.6 is 11.6 Å². The van der Waals surface area contributed by atoms with E-state index in [0.717, 1.165) is 5.56 Å². The third-order valence-corrected chi connectivity index (χ3v) is 4.68. The Bertz CT molecular complexity index is 1180. The highest BCUT2D eigenvalue weighted by Gasteiger charge is 2.12. The van der Waals surface area contributed by atoms with Gasteiger partial charge in [0.1, 0.15) is 24.0 Å². The van der Waals surface area contributed by atoms with Crippen LogP contribution in [0.1, 0.15) is 21.5 Å². The third-order valence-electron chi connectivity index (χ3n) is 4.31. The van der Waals surface area contributed by atoms with Crippen LogP contribution in [0.15, 0.2) is 78.4 Å². The molecule has 0 aromatic heterocycles. The molecule has 0 unspecified atom stereocenters. The van der Waals surface area contributed by atoms with E-state index in [9.17, 15) is 14.9 Å². The molecule has 0 heterocycles. The first kappa shape index (κ1) is 21.6. The molecule has 0 aliphatic heterocycles. The van der Waals surface area contributed by atoms with Crippen molar-refractivity contribution < 1.29 is 19.4 Å². The maximum atomic E-state index is 12.5. The fourth-order valence-electron chi connectivity index (χ4n) is 2.70. The monoisotopic (exact) mass is 432 g/mol. The van der Waals surface area contributed by atoms with Crippen LogP contribution in [-0.4, -0.2) is 17.0 Å². The summed E-state index contributed by atoms with van der Waals surface area (Å²) in [5.41, 5.74) is 1.71. The molecule has 2 N–H and O–H groups in total. The summed E-state index contributed by atoms with van der Waals surface area (Å²) < 4.78 is 5.86. The molecule has 154 valence electrons. The van der Waals surface area contributed by atoms with Gasteiger partial charge in [0, 0.05) is 21.8 Å². The van der Waals surface area contributed by atoms with Crippen LogP contribution in [0.2, 0.25) is 5.02 Å². The SMILES string of the molecule is N#C/C(=C\c1ccccc1OCc1ccccc1Cl)C(=O)Nc1ccc(C(=O)O)cc1. The molecule has 0 radical (unpaired) electrons. The molecule has 0 atom stereocenters. The highest BCUT2D eigenvalue weighted by atomic mass is 35.5. The summed E-state index contributed by atoms with van der Waals surface area (Å²) in [7, 11) is 0. The molecule has 3 aromatic rings. The topological polar surface area (TPSA) is 99.4 Å². The summed E-state index contributed by atoms with van der Waals surface area (Å²) in [6, 6.07) is 21.9. The molecule has 3 aromatic carbocycles. The van der Waals surface area contributed by atoms with Crippen molar-refractivity contribution in [1.82, 2.24) is 0 Å². The van der Waals surface area contributed by atoms with E-state index in [2.05, 4.69) is 5.32 Å². The van der Waals surface area contributed by atoms with Crippen LogP contribution in [0.25, 0.3) is 6.08 Å². The second kappa shape index (κ2) is 10.1. The molecule has 7 heteroatoms. The van der Waals surface area contributed by atoms with E-state index < -0.39 is 11.9 Å². The van der Waals surface area contributed by atoms with Gasteiger partial charge in [-0.25, -0.2) is 4.79 Å². The Hall–Kier alpha value is -4.08. The Kier molecular flexibility index (Phi) is 7.05. The van der Waals surface area contributed by atoms with Gasteiger partial charge in [-0.15, -0.1) is 0 Å². The number of rotatable bonds is 7. The molecule has 0 saturated carbocycles. The minimum Gasteiger partial charge on any atom is -0.488 e. The van der Waals surface area contributed by atoms with Gasteiger partial charge in [0.05, 0.1) is 5.56 Å². The Labute approximate surface area is 184 Å². The highest BCUT2D eigenvalue weighted by Crippen LogP contribution is 2.24. The van der Waals surface area contributed by atoms with Gasteiger partial charge in [-0.3, -0.25) is 4.79 Å². The summed E-state index contributed by atoms with van der Waals surface area (Å²) in [4.78, 5) is 23.5. The number of para-hydroxylation sites is 1. The summed E-state index contributed by atoms with van der Waals surface area (Å²) in [6.07, 6.45) is 1.43. The quantitative estimate of drug-likeness (QED) is 0.396. The summed E-state index contributed by atoms with van der Waals surface area (Å²) >= 11 is 6.16. The summed E-state index contributed by atoms with van der Waals surface area (Å²) in [5, 5.41) is 21.6. The zero-order chi connectivity index (χ0) is 22.2. The average molecular weight is 433 g/mol. The van der Waals surface area contributed by atoms with E-state index in [4.69, 9.17) is 21.4 Å². The Morgan fingerprint density at radius 1 is 1.03 bits per heavy atom. The summed E-state index contributed by atoms with van der Waals surface area (Å²) in [6.45, 7) is 0.231. The molecule has 0 aliphatic rings. The molecule has 0 saturated heterocycles. The number of nitrogens with one attached hydrogen (secondary N) is 1. The van der Waals surface area contributed by atoms with Crippen molar-refractivity contribution in [1.29, 1.82) is 5.26 Å². The van der Waals surface area contributed by atoms with E-state index in [1.807, 2.05) is 24.3 Å². The number of amides is 1. The molecule has 0 bridgehead atoms. The minimum atomic E-state index is -1.07. The van der Waals surface area contributed by atoms with Crippen LogP contribution < -0.4 is 10.1 Å². The average Bonchev–Trinajstić information content (AvgIpc) is 2.78. The van der Waals surface area contributed by atoms with Crippen molar-refractivity contribution in [2.24, 2.45) is 0 Å².